The van der Waals surface area contributed by atoms with Crippen LogP contribution in [-0.2, 0) is 0 Å². The number of rotatable bonds is 2. The van der Waals surface area contributed by atoms with Crippen LogP contribution in [0.25, 0.3) is 11.6 Å². The van der Waals surface area contributed by atoms with Crippen molar-refractivity contribution < 1.29 is 0 Å². The summed E-state index contributed by atoms with van der Waals surface area (Å²) in [6, 6.07) is 0. The molecule has 16 heavy (non-hydrogen) atoms. The van der Waals surface area contributed by atoms with Crippen molar-refractivity contribution in [2.75, 3.05) is 12.4 Å². The average Bonchev–Trinajstić information content (AvgIpc) is 2.31. The summed E-state index contributed by atoms with van der Waals surface area (Å²) in [5.74, 6) is 1.86. The summed E-state index contributed by atoms with van der Waals surface area (Å²) >= 11 is 2.17. The van der Waals surface area contributed by atoms with Gasteiger partial charge in [0.25, 0.3) is 0 Å². The van der Waals surface area contributed by atoms with Crippen LogP contribution >= 0.6 is 22.6 Å². The van der Waals surface area contributed by atoms with Crippen molar-refractivity contribution in [1.82, 2.24) is 19.9 Å². The summed E-state index contributed by atoms with van der Waals surface area (Å²) in [6.45, 7) is 1.94. The van der Waals surface area contributed by atoms with E-state index in [-0.39, 0.29) is 0 Å². The Bertz CT molecular complexity index is 497. The van der Waals surface area contributed by atoms with Gasteiger partial charge in [0, 0.05) is 25.6 Å². The fourth-order valence-corrected chi connectivity index (χ4v) is 1.69. The number of aromatic nitrogens is 4. The predicted octanol–water partition coefficient (Wildman–Crippen LogP) is 1.89. The van der Waals surface area contributed by atoms with E-state index in [0.717, 1.165) is 15.0 Å². The molecule has 2 heterocycles. The van der Waals surface area contributed by atoms with E-state index in [1.165, 1.54) is 0 Å². The van der Waals surface area contributed by atoms with Gasteiger partial charge in [-0.2, -0.15) is 0 Å². The summed E-state index contributed by atoms with van der Waals surface area (Å²) in [6.07, 6.45) is 5.25. The molecule has 2 aromatic heterocycles. The van der Waals surface area contributed by atoms with Crippen molar-refractivity contribution in [2.24, 2.45) is 0 Å². The molecular formula is C10H10IN5. The van der Waals surface area contributed by atoms with Gasteiger partial charge in [-0.1, -0.05) is 0 Å². The van der Waals surface area contributed by atoms with Gasteiger partial charge in [-0.05, 0) is 35.1 Å². The van der Waals surface area contributed by atoms with Crippen LogP contribution in [0.15, 0.2) is 18.6 Å². The number of anilines is 1. The van der Waals surface area contributed by atoms with E-state index >= 15 is 0 Å². The average molecular weight is 327 g/mol. The number of halogens is 1. The first kappa shape index (κ1) is 11.2. The summed E-state index contributed by atoms with van der Waals surface area (Å²) in [5, 5.41) is 3.00. The number of nitrogens with zero attached hydrogens (tertiary/aromatic N) is 4. The highest BCUT2D eigenvalue weighted by Gasteiger charge is 2.07. The number of nitrogens with one attached hydrogen (secondary N) is 1. The summed E-state index contributed by atoms with van der Waals surface area (Å²) < 4.78 is 0.968. The molecule has 2 rings (SSSR count). The van der Waals surface area contributed by atoms with Crippen LogP contribution < -0.4 is 5.32 Å². The molecule has 0 aromatic carbocycles. The minimum absolute atomic E-state index is 0.532. The molecule has 0 saturated heterocycles. The molecule has 0 bridgehead atoms. The van der Waals surface area contributed by atoms with E-state index < -0.39 is 0 Å². The van der Waals surface area contributed by atoms with Crippen molar-refractivity contribution in [3.05, 3.63) is 27.7 Å². The van der Waals surface area contributed by atoms with Crippen LogP contribution in [0.4, 0.5) is 5.82 Å². The molecule has 0 aliphatic carbocycles. The fraction of sp³-hybridized carbons (Fsp3) is 0.200. The molecule has 0 radical (unpaired) electrons. The topological polar surface area (TPSA) is 63.6 Å². The molecule has 0 aliphatic heterocycles. The Kier molecular flexibility index (Phi) is 3.28. The normalized spacial score (nSPS) is 10.2. The lowest BCUT2D eigenvalue weighted by atomic mass is 10.4. The fourth-order valence-electron chi connectivity index (χ4n) is 1.16. The van der Waals surface area contributed by atoms with Crippen molar-refractivity contribution in [3.63, 3.8) is 0 Å². The van der Waals surface area contributed by atoms with Gasteiger partial charge < -0.3 is 5.32 Å². The van der Waals surface area contributed by atoms with Crippen LogP contribution in [0.5, 0.6) is 0 Å². The maximum atomic E-state index is 4.34. The lowest BCUT2D eigenvalue weighted by molar-refractivity contribution is 1.06. The van der Waals surface area contributed by atoms with Gasteiger partial charge in [0.15, 0.2) is 11.6 Å². The highest BCUT2D eigenvalue weighted by atomic mass is 127. The zero-order valence-electron chi connectivity index (χ0n) is 8.90. The van der Waals surface area contributed by atoms with E-state index in [4.69, 9.17) is 0 Å². The molecule has 0 spiro atoms. The zero-order chi connectivity index (χ0) is 11.5. The third kappa shape index (κ3) is 2.26. The van der Waals surface area contributed by atoms with Crippen LogP contribution in [-0.4, -0.2) is 27.0 Å². The highest BCUT2D eigenvalue weighted by Crippen LogP contribution is 2.17. The summed E-state index contributed by atoms with van der Waals surface area (Å²) in [4.78, 5) is 16.9. The van der Waals surface area contributed by atoms with E-state index in [0.29, 0.717) is 11.6 Å². The third-order valence-corrected chi connectivity index (χ3v) is 2.75. The molecular weight excluding hydrogens is 317 g/mol. The van der Waals surface area contributed by atoms with Crippen LogP contribution in [0.2, 0.25) is 0 Å². The monoisotopic (exact) mass is 327 g/mol. The van der Waals surface area contributed by atoms with E-state index in [1.807, 2.05) is 14.0 Å². The maximum Gasteiger partial charge on any atom is 0.199 e. The second kappa shape index (κ2) is 4.69. The molecule has 82 valence electrons. The number of aryl methyl sites for hydroxylation is 1. The molecule has 2 aromatic rings. The standard InChI is InChI=1S/C10H10IN5/c1-6-3-13-9(14-4-6)10-15-5-7(11)8(12-2)16-10/h3-5H,1-2H3,(H,12,15,16). The second-order valence-electron chi connectivity index (χ2n) is 3.22. The van der Waals surface area contributed by atoms with Crippen molar-refractivity contribution in [3.8, 4) is 11.6 Å². The van der Waals surface area contributed by atoms with Gasteiger partial charge in [0.2, 0.25) is 0 Å². The molecule has 0 saturated carbocycles. The zero-order valence-corrected chi connectivity index (χ0v) is 11.1. The van der Waals surface area contributed by atoms with Gasteiger partial charge in [-0.15, -0.1) is 0 Å². The Labute approximate surface area is 107 Å². The third-order valence-electron chi connectivity index (χ3n) is 1.96. The first-order valence-electron chi connectivity index (χ1n) is 4.70. The molecule has 6 heteroatoms. The second-order valence-corrected chi connectivity index (χ2v) is 4.39. The smallest absolute Gasteiger partial charge is 0.199 e. The van der Waals surface area contributed by atoms with Gasteiger partial charge >= 0.3 is 0 Å². The maximum absolute atomic E-state index is 4.34. The van der Waals surface area contributed by atoms with Crippen molar-refractivity contribution in [2.45, 2.75) is 6.92 Å². The summed E-state index contributed by atoms with van der Waals surface area (Å²) in [5.41, 5.74) is 1.02. The first-order chi connectivity index (χ1) is 7.70. The van der Waals surface area contributed by atoms with Crippen LogP contribution in [0.1, 0.15) is 5.56 Å². The van der Waals surface area contributed by atoms with Gasteiger partial charge in [-0.25, -0.2) is 19.9 Å². The van der Waals surface area contributed by atoms with Crippen LogP contribution in [0, 0.1) is 10.5 Å². The molecule has 0 aliphatic rings. The molecule has 0 fully saturated rings. The lowest BCUT2D eigenvalue weighted by Gasteiger charge is -2.04. The molecule has 0 amide bonds. The largest absolute Gasteiger partial charge is 0.372 e. The van der Waals surface area contributed by atoms with Gasteiger partial charge in [0.05, 0.1) is 3.57 Å². The Morgan fingerprint density at radius 1 is 1.06 bits per heavy atom. The molecule has 0 unspecified atom stereocenters. The Balaban J connectivity index is 2.44. The number of hydrogen-bond acceptors (Lipinski definition) is 5. The Morgan fingerprint density at radius 2 is 1.69 bits per heavy atom. The van der Waals surface area contributed by atoms with Gasteiger partial charge in [-0.3, -0.25) is 0 Å². The van der Waals surface area contributed by atoms with Crippen LogP contribution in [0.3, 0.4) is 0 Å². The Hall–Kier alpha value is -1.31. The van der Waals surface area contributed by atoms with Crippen molar-refractivity contribution in [1.29, 1.82) is 0 Å². The van der Waals surface area contributed by atoms with Crippen molar-refractivity contribution >= 4 is 28.4 Å². The lowest BCUT2D eigenvalue weighted by Crippen LogP contribution is -2.01. The number of hydrogen-bond donors (Lipinski definition) is 1. The quantitative estimate of drug-likeness (QED) is 0.854. The SMILES string of the molecule is CNc1nc(-c2ncc(C)cn2)ncc1I. The summed E-state index contributed by atoms with van der Waals surface area (Å²) in [7, 11) is 1.82. The predicted molar refractivity (Wildman–Crippen MR) is 70.1 cm³/mol. The van der Waals surface area contributed by atoms with E-state index in [2.05, 4.69) is 47.8 Å². The minimum atomic E-state index is 0.532. The molecule has 1 N–H and O–H groups in total. The Morgan fingerprint density at radius 3 is 2.31 bits per heavy atom. The van der Waals surface area contributed by atoms with E-state index in [9.17, 15) is 0 Å². The molecule has 5 nitrogen and oxygen atoms in total. The van der Waals surface area contributed by atoms with E-state index in [1.54, 1.807) is 18.6 Å². The van der Waals surface area contributed by atoms with Gasteiger partial charge in [0.1, 0.15) is 5.82 Å². The molecule has 0 atom stereocenters. The minimum Gasteiger partial charge on any atom is -0.372 e. The highest BCUT2D eigenvalue weighted by molar-refractivity contribution is 14.1. The first-order valence-corrected chi connectivity index (χ1v) is 5.78.